The number of hydrogen-bond acceptors (Lipinski definition) is 3. The highest BCUT2D eigenvalue weighted by atomic mass is 35.5. The highest BCUT2D eigenvalue weighted by Crippen LogP contribution is 2.31. The first-order chi connectivity index (χ1) is 12.7. The zero-order chi connectivity index (χ0) is 17.9. The number of piperazine rings is 1. The third-order valence-electron chi connectivity index (χ3n) is 5.91. The summed E-state index contributed by atoms with van der Waals surface area (Å²) in [5.74, 6) is 1.81. The Bertz CT molecular complexity index is 637. The van der Waals surface area contributed by atoms with E-state index in [1.807, 2.05) is 19.2 Å². The Morgan fingerprint density at radius 3 is 2.58 bits per heavy atom. The molecule has 1 saturated carbocycles. The molecule has 0 spiro atoms. The minimum Gasteiger partial charge on any atom is -0.367 e. The molecular formula is C20H30ClN5. The van der Waals surface area contributed by atoms with Gasteiger partial charge in [-0.3, -0.25) is 4.99 Å². The SMILES string of the molecule is CN=C(NCC1CCN(C2CC2)C1)N1CCN(c2ccccc2Cl)CC1. The van der Waals surface area contributed by atoms with Crippen LogP contribution in [0.2, 0.25) is 5.02 Å². The normalized spacial score (nSPS) is 25.0. The molecule has 1 aromatic carbocycles. The summed E-state index contributed by atoms with van der Waals surface area (Å²) in [6.45, 7) is 7.49. The Morgan fingerprint density at radius 2 is 1.88 bits per heavy atom. The van der Waals surface area contributed by atoms with Crippen molar-refractivity contribution in [3.05, 3.63) is 29.3 Å². The number of rotatable bonds is 4. The lowest BCUT2D eigenvalue weighted by Crippen LogP contribution is -2.53. The number of nitrogens with one attached hydrogen (secondary N) is 1. The molecule has 6 heteroatoms. The number of benzene rings is 1. The number of aliphatic imine (C=N–C) groups is 1. The van der Waals surface area contributed by atoms with Gasteiger partial charge < -0.3 is 20.0 Å². The average Bonchev–Trinajstić information content (AvgIpc) is 3.42. The van der Waals surface area contributed by atoms with E-state index >= 15 is 0 Å². The molecule has 2 aliphatic heterocycles. The topological polar surface area (TPSA) is 34.1 Å². The Kier molecular flexibility index (Phi) is 5.55. The fourth-order valence-electron chi connectivity index (χ4n) is 4.24. The molecule has 0 aromatic heterocycles. The van der Waals surface area contributed by atoms with E-state index in [-0.39, 0.29) is 0 Å². The van der Waals surface area contributed by atoms with Crippen molar-refractivity contribution in [3.63, 3.8) is 0 Å². The molecule has 3 aliphatic rings. The molecule has 4 rings (SSSR count). The first kappa shape index (κ1) is 17.9. The second-order valence-electron chi connectivity index (χ2n) is 7.73. The molecule has 2 saturated heterocycles. The van der Waals surface area contributed by atoms with Crippen molar-refractivity contribution in [3.8, 4) is 0 Å². The van der Waals surface area contributed by atoms with Gasteiger partial charge in [0.05, 0.1) is 10.7 Å². The molecule has 1 N–H and O–H groups in total. The number of anilines is 1. The maximum absolute atomic E-state index is 6.35. The lowest BCUT2D eigenvalue weighted by atomic mass is 10.1. The summed E-state index contributed by atoms with van der Waals surface area (Å²) in [4.78, 5) is 12.0. The summed E-state index contributed by atoms with van der Waals surface area (Å²) in [6, 6.07) is 9.02. The highest BCUT2D eigenvalue weighted by Gasteiger charge is 2.34. The lowest BCUT2D eigenvalue weighted by Gasteiger charge is -2.38. The molecule has 26 heavy (non-hydrogen) atoms. The second kappa shape index (κ2) is 8.05. The van der Waals surface area contributed by atoms with E-state index in [0.717, 1.165) is 61.4 Å². The Labute approximate surface area is 162 Å². The molecule has 5 nitrogen and oxygen atoms in total. The van der Waals surface area contributed by atoms with Crippen LogP contribution in [0.15, 0.2) is 29.3 Å². The van der Waals surface area contributed by atoms with Crippen LogP contribution < -0.4 is 10.2 Å². The van der Waals surface area contributed by atoms with E-state index in [4.69, 9.17) is 11.6 Å². The van der Waals surface area contributed by atoms with Crippen LogP contribution in [-0.2, 0) is 0 Å². The molecule has 0 amide bonds. The molecule has 142 valence electrons. The van der Waals surface area contributed by atoms with Gasteiger partial charge in [0, 0.05) is 52.4 Å². The van der Waals surface area contributed by atoms with Crippen molar-refractivity contribution >= 4 is 23.2 Å². The monoisotopic (exact) mass is 375 g/mol. The van der Waals surface area contributed by atoms with Crippen LogP contribution in [0.1, 0.15) is 19.3 Å². The number of guanidine groups is 1. The summed E-state index contributed by atoms with van der Waals surface area (Å²) in [5.41, 5.74) is 1.14. The quantitative estimate of drug-likeness (QED) is 0.647. The number of para-hydroxylation sites is 1. The van der Waals surface area contributed by atoms with Crippen LogP contribution in [0.3, 0.4) is 0 Å². The smallest absolute Gasteiger partial charge is 0.193 e. The Balaban J connectivity index is 1.25. The molecular weight excluding hydrogens is 346 g/mol. The summed E-state index contributed by atoms with van der Waals surface area (Å²) < 4.78 is 0. The number of hydrogen-bond donors (Lipinski definition) is 1. The largest absolute Gasteiger partial charge is 0.367 e. The minimum absolute atomic E-state index is 0.761. The van der Waals surface area contributed by atoms with E-state index in [1.165, 1.54) is 32.4 Å². The van der Waals surface area contributed by atoms with Gasteiger partial charge in [-0.05, 0) is 43.9 Å². The van der Waals surface area contributed by atoms with Gasteiger partial charge in [0.15, 0.2) is 5.96 Å². The molecule has 1 atom stereocenters. The van der Waals surface area contributed by atoms with Crippen LogP contribution in [-0.4, -0.2) is 74.7 Å². The van der Waals surface area contributed by atoms with Gasteiger partial charge >= 0.3 is 0 Å². The number of nitrogens with zero attached hydrogens (tertiary/aromatic N) is 4. The maximum Gasteiger partial charge on any atom is 0.193 e. The number of halogens is 1. The van der Waals surface area contributed by atoms with Crippen molar-refractivity contribution in [2.45, 2.75) is 25.3 Å². The highest BCUT2D eigenvalue weighted by molar-refractivity contribution is 6.33. The maximum atomic E-state index is 6.35. The van der Waals surface area contributed by atoms with E-state index in [1.54, 1.807) is 0 Å². The van der Waals surface area contributed by atoms with Crippen LogP contribution >= 0.6 is 11.6 Å². The van der Waals surface area contributed by atoms with Gasteiger partial charge in [0.2, 0.25) is 0 Å². The minimum atomic E-state index is 0.761. The van der Waals surface area contributed by atoms with Crippen molar-refractivity contribution in [1.82, 2.24) is 15.1 Å². The molecule has 1 aliphatic carbocycles. The number of likely N-dealkylation sites (tertiary alicyclic amines) is 1. The van der Waals surface area contributed by atoms with E-state index < -0.39 is 0 Å². The first-order valence-corrected chi connectivity index (χ1v) is 10.3. The van der Waals surface area contributed by atoms with Crippen LogP contribution in [0, 0.1) is 5.92 Å². The predicted molar refractivity (Wildman–Crippen MR) is 109 cm³/mol. The summed E-state index contributed by atoms with van der Waals surface area (Å²) in [5, 5.41) is 4.47. The summed E-state index contributed by atoms with van der Waals surface area (Å²) >= 11 is 6.35. The predicted octanol–water partition coefficient (Wildman–Crippen LogP) is 2.52. The Morgan fingerprint density at radius 1 is 1.12 bits per heavy atom. The van der Waals surface area contributed by atoms with Gasteiger partial charge in [-0.25, -0.2) is 0 Å². The molecule has 2 heterocycles. The lowest BCUT2D eigenvalue weighted by molar-refractivity contribution is 0.312. The van der Waals surface area contributed by atoms with Gasteiger partial charge in [-0.15, -0.1) is 0 Å². The summed E-state index contributed by atoms with van der Waals surface area (Å²) in [7, 11) is 1.90. The van der Waals surface area contributed by atoms with E-state index in [0.29, 0.717) is 0 Å². The molecule has 0 bridgehead atoms. The second-order valence-corrected chi connectivity index (χ2v) is 8.14. The van der Waals surface area contributed by atoms with Gasteiger partial charge in [-0.2, -0.15) is 0 Å². The fraction of sp³-hybridized carbons (Fsp3) is 0.650. The molecule has 1 aromatic rings. The van der Waals surface area contributed by atoms with Crippen LogP contribution in [0.4, 0.5) is 5.69 Å². The third-order valence-corrected chi connectivity index (χ3v) is 6.23. The van der Waals surface area contributed by atoms with E-state index in [2.05, 4.69) is 37.1 Å². The van der Waals surface area contributed by atoms with Crippen LogP contribution in [0.25, 0.3) is 0 Å². The zero-order valence-electron chi connectivity index (χ0n) is 15.7. The van der Waals surface area contributed by atoms with Crippen molar-refractivity contribution in [1.29, 1.82) is 0 Å². The molecule has 3 fully saturated rings. The van der Waals surface area contributed by atoms with Crippen molar-refractivity contribution in [2.75, 3.05) is 57.8 Å². The Hall–Kier alpha value is -1.46. The van der Waals surface area contributed by atoms with E-state index in [9.17, 15) is 0 Å². The average molecular weight is 376 g/mol. The van der Waals surface area contributed by atoms with Crippen molar-refractivity contribution < 1.29 is 0 Å². The van der Waals surface area contributed by atoms with Gasteiger partial charge in [-0.1, -0.05) is 23.7 Å². The summed E-state index contributed by atoms with van der Waals surface area (Å²) in [6.07, 6.45) is 4.15. The van der Waals surface area contributed by atoms with Crippen LogP contribution in [0.5, 0.6) is 0 Å². The first-order valence-electron chi connectivity index (χ1n) is 9.93. The van der Waals surface area contributed by atoms with Gasteiger partial charge in [0.25, 0.3) is 0 Å². The van der Waals surface area contributed by atoms with Gasteiger partial charge in [0.1, 0.15) is 0 Å². The fourth-order valence-corrected chi connectivity index (χ4v) is 4.49. The molecule has 0 radical (unpaired) electrons. The zero-order valence-corrected chi connectivity index (χ0v) is 16.5. The van der Waals surface area contributed by atoms with Crippen molar-refractivity contribution in [2.24, 2.45) is 10.9 Å². The standard InChI is InChI=1S/C20H30ClN5/c1-22-20(23-14-16-8-9-26(15-16)17-6-7-17)25-12-10-24(11-13-25)19-5-3-2-4-18(19)21/h2-5,16-17H,6-15H2,1H3,(H,22,23). The molecule has 1 unspecified atom stereocenters. The third kappa shape index (κ3) is 4.09.